The Labute approximate surface area is 120 Å². The van der Waals surface area contributed by atoms with E-state index in [-0.39, 0.29) is 6.10 Å². The van der Waals surface area contributed by atoms with Crippen molar-refractivity contribution in [2.75, 3.05) is 6.54 Å². The third kappa shape index (κ3) is 4.62. The van der Waals surface area contributed by atoms with Crippen LogP contribution in [-0.4, -0.2) is 35.9 Å². The quantitative estimate of drug-likeness (QED) is 0.802. The van der Waals surface area contributed by atoms with Gasteiger partial charge >= 0.3 is 5.97 Å². The van der Waals surface area contributed by atoms with Gasteiger partial charge in [0.05, 0.1) is 6.10 Å². The molecule has 1 saturated heterocycles. The first kappa shape index (κ1) is 15.0. The van der Waals surface area contributed by atoms with E-state index >= 15 is 0 Å². The first-order chi connectivity index (χ1) is 9.65. The Bertz CT molecular complexity index is 421. The smallest absolute Gasteiger partial charge is 0.332 e. The highest BCUT2D eigenvalue weighted by molar-refractivity contribution is 5.72. The minimum absolute atomic E-state index is 0.0373. The van der Waals surface area contributed by atoms with Crippen LogP contribution in [0.15, 0.2) is 30.3 Å². The topological polar surface area (TPSA) is 58.6 Å². The van der Waals surface area contributed by atoms with Crippen LogP contribution in [0.3, 0.4) is 0 Å². The summed E-state index contributed by atoms with van der Waals surface area (Å²) in [5.74, 6) is -0.843. The first-order valence-corrected chi connectivity index (χ1v) is 7.30. The molecular weight excluding hydrogens is 254 g/mol. The SMILES string of the molecule is CC(CCc1ccccc1)NCC1CCC(C(=O)O)O1. The first-order valence-electron chi connectivity index (χ1n) is 7.30. The van der Waals surface area contributed by atoms with Gasteiger partial charge in [0.1, 0.15) is 0 Å². The summed E-state index contributed by atoms with van der Waals surface area (Å²) in [7, 11) is 0. The molecule has 4 heteroatoms. The normalized spacial score (nSPS) is 23.6. The molecule has 3 atom stereocenters. The number of rotatable bonds is 7. The molecule has 3 unspecified atom stereocenters. The average Bonchev–Trinajstić information content (AvgIpc) is 2.93. The molecule has 20 heavy (non-hydrogen) atoms. The molecule has 110 valence electrons. The Morgan fingerprint density at radius 1 is 1.40 bits per heavy atom. The van der Waals surface area contributed by atoms with Crippen LogP contribution in [0.25, 0.3) is 0 Å². The minimum Gasteiger partial charge on any atom is -0.479 e. The fraction of sp³-hybridized carbons (Fsp3) is 0.562. The van der Waals surface area contributed by atoms with Crippen LogP contribution in [0.4, 0.5) is 0 Å². The van der Waals surface area contributed by atoms with Gasteiger partial charge in [-0.15, -0.1) is 0 Å². The largest absolute Gasteiger partial charge is 0.479 e. The molecule has 2 N–H and O–H groups in total. The van der Waals surface area contributed by atoms with Crippen molar-refractivity contribution in [2.45, 2.75) is 50.9 Å². The van der Waals surface area contributed by atoms with Gasteiger partial charge < -0.3 is 15.2 Å². The lowest BCUT2D eigenvalue weighted by molar-refractivity contribution is -0.149. The molecular formula is C16H23NO3. The third-order valence-electron chi connectivity index (χ3n) is 3.79. The van der Waals surface area contributed by atoms with Crippen molar-refractivity contribution in [2.24, 2.45) is 0 Å². The maximum atomic E-state index is 10.8. The summed E-state index contributed by atoms with van der Waals surface area (Å²) in [5.41, 5.74) is 1.35. The second-order valence-corrected chi connectivity index (χ2v) is 5.50. The number of aliphatic carboxylic acids is 1. The van der Waals surface area contributed by atoms with E-state index in [4.69, 9.17) is 9.84 Å². The molecule has 0 aliphatic carbocycles. The number of carboxylic acids is 1. The highest BCUT2D eigenvalue weighted by Crippen LogP contribution is 2.19. The molecule has 0 bridgehead atoms. The van der Waals surface area contributed by atoms with E-state index in [9.17, 15) is 4.79 Å². The van der Waals surface area contributed by atoms with Crippen molar-refractivity contribution in [1.29, 1.82) is 0 Å². The van der Waals surface area contributed by atoms with E-state index in [0.29, 0.717) is 12.5 Å². The molecule has 0 radical (unpaired) electrons. The monoisotopic (exact) mass is 277 g/mol. The lowest BCUT2D eigenvalue weighted by Crippen LogP contribution is -2.34. The highest BCUT2D eigenvalue weighted by atomic mass is 16.5. The van der Waals surface area contributed by atoms with Crippen molar-refractivity contribution < 1.29 is 14.6 Å². The molecule has 1 aliphatic rings. The van der Waals surface area contributed by atoms with E-state index in [1.807, 2.05) is 6.07 Å². The van der Waals surface area contributed by atoms with Gasteiger partial charge in [-0.05, 0) is 38.2 Å². The summed E-state index contributed by atoms with van der Waals surface area (Å²) < 4.78 is 5.47. The Morgan fingerprint density at radius 3 is 2.80 bits per heavy atom. The summed E-state index contributed by atoms with van der Waals surface area (Å²) in [4.78, 5) is 10.8. The van der Waals surface area contributed by atoms with Crippen LogP contribution in [0.2, 0.25) is 0 Å². The van der Waals surface area contributed by atoms with Gasteiger partial charge in [-0.25, -0.2) is 4.79 Å². The molecule has 1 aromatic carbocycles. The Morgan fingerprint density at radius 2 is 2.15 bits per heavy atom. The zero-order valence-corrected chi connectivity index (χ0v) is 11.9. The van der Waals surface area contributed by atoms with Crippen molar-refractivity contribution in [3.8, 4) is 0 Å². The van der Waals surface area contributed by atoms with Crippen molar-refractivity contribution in [3.05, 3.63) is 35.9 Å². The third-order valence-corrected chi connectivity index (χ3v) is 3.79. The predicted molar refractivity (Wildman–Crippen MR) is 77.8 cm³/mol. The Hall–Kier alpha value is -1.39. The number of hydrogen-bond acceptors (Lipinski definition) is 3. The average molecular weight is 277 g/mol. The van der Waals surface area contributed by atoms with E-state index < -0.39 is 12.1 Å². The van der Waals surface area contributed by atoms with E-state index in [0.717, 1.165) is 25.8 Å². The van der Waals surface area contributed by atoms with E-state index in [1.165, 1.54) is 5.56 Å². The van der Waals surface area contributed by atoms with Crippen LogP contribution in [0.1, 0.15) is 31.7 Å². The maximum absolute atomic E-state index is 10.8. The summed E-state index contributed by atoms with van der Waals surface area (Å²) in [5, 5.41) is 12.3. The molecule has 0 amide bonds. The van der Waals surface area contributed by atoms with Crippen molar-refractivity contribution in [1.82, 2.24) is 5.32 Å². The number of nitrogens with one attached hydrogen (secondary N) is 1. The standard InChI is InChI=1S/C16H23NO3/c1-12(7-8-13-5-3-2-4-6-13)17-11-14-9-10-15(20-14)16(18)19/h2-6,12,14-15,17H,7-11H2,1H3,(H,18,19). The zero-order chi connectivity index (χ0) is 14.4. The lowest BCUT2D eigenvalue weighted by atomic mass is 10.1. The molecule has 1 heterocycles. The predicted octanol–water partition coefficient (Wildman–Crippen LogP) is 2.23. The zero-order valence-electron chi connectivity index (χ0n) is 11.9. The number of carboxylic acid groups (broad SMARTS) is 1. The van der Waals surface area contributed by atoms with Crippen LogP contribution in [0.5, 0.6) is 0 Å². The number of ether oxygens (including phenoxy) is 1. The van der Waals surface area contributed by atoms with Crippen LogP contribution >= 0.6 is 0 Å². The Balaban J connectivity index is 1.63. The molecule has 0 spiro atoms. The summed E-state index contributed by atoms with van der Waals surface area (Å²) >= 11 is 0. The number of hydrogen-bond donors (Lipinski definition) is 2. The highest BCUT2D eigenvalue weighted by Gasteiger charge is 2.30. The molecule has 1 aliphatic heterocycles. The van der Waals surface area contributed by atoms with Crippen molar-refractivity contribution in [3.63, 3.8) is 0 Å². The second-order valence-electron chi connectivity index (χ2n) is 5.50. The maximum Gasteiger partial charge on any atom is 0.332 e. The number of aryl methyl sites for hydroxylation is 1. The summed E-state index contributed by atoms with van der Waals surface area (Å²) in [6, 6.07) is 10.8. The van der Waals surface area contributed by atoms with Crippen LogP contribution in [-0.2, 0) is 16.0 Å². The van der Waals surface area contributed by atoms with Gasteiger partial charge in [0, 0.05) is 12.6 Å². The molecule has 0 aromatic heterocycles. The summed E-state index contributed by atoms with van der Waals surface area (Å²) in [6.07, 6.45) is 3.00. The molecule has 2 rings (SSSR count). The van der Waals surface area contributed by atoms with E-state index in [1.54, 1.807) is 0 Å². The molecule has 4 nitrogen and oxygen atoms in total. The second kappa shape index (κ2) is 7.41. The fourth-order valence-corrected chi connectivity index (χ4v) is 2.50. The molecule has 1 fully saturated rings. The van der Waals surface area contributed by atoms with Gasteiger partial charge in [-0.2, -0.15) is 0 Å². The van der Waals surface area contributed by atoms with Gasteiger partial charge in [0.25, 0.3) is 0 Å². The fourth-order valence-electron chi connectivity index (χ4n) is 2.50. The van der Waals surface area contributed by atoms with Gasteiger partial charge in [-0.3, -0.25) is 0 Å². The van der Waals surface area contributed by atoms with Gasteiger partial charge in [0.15, 0.2) is 6.10 Å². The number of benzene rings is 1. The van der Waals surface area contributed by atoms with E-state index in [2.05, 4.69) is 36.5 Å². The lowest BCUT2D eigenvalue weighted by Gasteiger charge is -2.17. The van der Waals surface area contributed by atoms with Crippen LogP contribution < -0.4 is 5.32 Å². The van der Waals surface area contributed by atoms with Gasteiger partial charge in [0.2, 0.25) is 0 Å². The number of carbonyl (C=O) groups is 1. The summed E-state index contributed by atoms with van der Waals surface area (Å²) in [6.45, 7) is 2.90. The minimum atomic E-state index is -0.843. The Kier molecular flexibility index (Phi) is 5.56. The van der Waals surface area contributed by atoms with Gasteiger partial charge in [-0.1, -0.05) is 30.3 Å². The van der Waals surface area contributed by atoms with Crippen LogP contribution in [0, 0.1) is 0 Å². The molecule has 0 saturated carbocycles. The molecule has 1 aromatic rings. The van der Waals surface area contributed by atoms with Crippen molar-refractivity contribution >= 4 is 5.97 Å².